The molecule has 1 saturated carbocycles. The van der Waals surface area contributed by atoms with Crippen LogP contribution in [-0.4, -0.2) is 20.9 Å². The molecule has 0 radical (unpaired) electrons. The second kappa shape index (κ2) is 4.68. The average Bonchev–Trinajstić information content (AvgIpc) is 2.50. The Balaban J connectivity index is 2.29. The van der Waals surface area contributed by atoms with Crippen molar-refractivity contribution in [2.24, 2.45) is 7.05 Å². The highest BCUT2D eigenvalue weighted by Crippen LogP contribution is 2.33. The quantitative estimate of drug-likeness (QED) is 0.782. The average molecular weight is 222 g/mol. The van der Waals surface area contributed by atoms with Crippen LogP contribution in [0.1, 0.15) is 60.5 Å². The highest BCUT2D eigenvalue weighted by atomic mass is 16.4. The first-order valence-electron chi connectivity index (χ1n) is 5.95. The minimum Gasteiger partial charge on any atom is -0.478 e. The molecule has 0 saturated heterocycles. The molecular formula is C12H18N2O2. The lowest BCUT2D eigenvalue weighted by Crippen LogP contribution is -2.10. The topological polar surface area (TPSA) is 55.1 Å². The summed E-state index contributed by atoms with van der Waals surface area (Å²) in [6.07, 6.45) is 8.62. The smallest absolute Gasteiger partial charge is 0.339 e. The van der Waals surface area contributed by atoms with Crippen molar-refractivity contribution in [2.75, 3.05) is 0 Å². The molecule has 2 rings (SSSR count). The first-order chi connectivity index (χ1) is 7.70. The molecule has 0 unspecified atom stereocenters. The summed E-state index contributed by atoms with van der Waals surface area (Å²) in [6.45, 7) is 0. The molecule has 1 N–H and O–H groups in total. The van der Waals surface area contributed by atoms with Gasteiger partial charge in [-0.1, -0.05) is 25.7 Å². The zero-order valence-corrected chi connectivity index (χ0v) is 9.65. The molecule has 1 aliphatic rings. The normalized spacial score (nSPS) is 18.3. The summed E-state index contributed by atoms with van der Waals surface area (Å²) in [5.74, 6) is -0.478. The third-order valence-electron chi connectivity index (χ3n) is 3.46. The molecule has 1 aromatic heterocycles. The van der Waals surface area contributed by atoms with Gasteiger partial charge in [-0.2, -0.15) is 5.10 Å². The van der Waals surface area contributed by atoms with Gasteiger partial charge < -0.3 is 5.11 Å². The Morgan fingerprint density at radius 3 is 2.56 bits per heavy atom. The monoisotopic (exact) mass is 222 g/mol. The van der Waals surface area contributed by atoms with E-state index in [1.165, 1.54) is 31.9 Å². The van der Waals surface area contributed by atoms with Crippen molar-refractivity contribution >= 4 is 5.97 Å². The van der Waals surface area contributed by atoms with E-state index in [0.29, 0.717) is 11.5 Å². The van der Waals surface area contributed by atoms with E-state index in [-0.39, 0.29) is 0 Å². The molecule has 0 bridgehead atoms. The Morgan fingerprint density at radius 1 is 1.38 bits per heavy atom. The van der Waals surface area contributed by atoms with Gasteiger partial charge in [0.15, 0.2) is 0 Å². The van der Waals surface area contributed by atoms with Gasteiger partial charge in [0.25, 0.3) is 0 Å². The summed E-state index contributed by atoms with van der Waals surface area (Å²) >= 11 is 0. The molecule has 0 amide bonds. The van der Waals surface area contributed by atoms with Gasteiger partial charge in [-0.3, -0.25) is 4.68 Å². The molecule has 0 aromatic carbocycles. The first kappa shape index (κ1) is 11.2. The minimum atomic E-state index is -0.854. The Morgan fingerprint density at radius 2 is 2.00 bits per heavy atom. The van der Waals surface area contributed by atoms with Crippen molar-refractivity contribution in [2.45, 2.75) is 44.4 Å². The van der Waals surface area contributed by atoms with E-state index >= 15 is 0 Å². The van der Waals surface area contributed by atoms with Crippen molar-refractivity contribution in [3.8, 4) is 0 Å². The van der Waals surface area contributed by atoms with Crippen LogP contribution in [0.3, 0.4) is 0 Å². The van der Waals surface area contributed by atoms with Crippen LogP contribution in [0.15, 0.2) is 6.20 Å². The molecule has 1 aromatic rings. The number of carboxylic acid groups (broad SMARTS) is 1. The number of nitrogens with zero attached hydrogens (tertiary/aromatic N) is 2. The largest absolute Gasteiger partial charge is 0.478 e. The number of rotatable bonds is 2. The Hall–Kier alpha value is -1.32. The molecule has 4 heteroatoms. The number of carboxylic acids is 1. The molecule has 88 valence electrons. The summed E-state index contributed by atoms with van der Waals surface area (Å²) in [6, 6.07) is 0. The predicted molar refractivity (Wildman–Crippen MR) is 60.6 cm³/mol. The summed E-state index contributed by atoms with van der Waals surface area (Å²) < 4.78 is 1.74. The lowest BCUT2D eigenvalue weighted by molar-refractivity contribution is 0.0694. The standard InChI is InChI=1S/C12H18N2O2/c1-14-11(10(8-13-14)12(15)16)9-6-4-2-3-5-7-9/h8-9H,2-7H2,1H3,(H,15,16). The van der Waals surface area contributed by atoms with Crippen LogP contribution in [0, 0.1) is 0 Å². The van der Waals surface area contributed by atoms with E-state index in [1.54, 1.807) is 4.68 Å². The molecule has 1 heterocycles. The zero-order valence-electron chi connectivity index (χ0n) is 9.65. The maximum Gasteiger partial charge on any atom is 0.339 e. The van der Waals surface area contributed by atoms with Crippen LogP contribution in [0.25, 0.3) is 0 Å². The summed E-state index contributed by atoms with van der Waals surface area (Å²) in [4.78, 5) is 11.1. The molecule has 16 heavy (non-hydrogen) atoms. The third kappa shape index (κ3) is 2.10. The summed E-state index contributed by atoms with van der Waals surface area (Å²) in [5.41, 5.74) is 1.30. The second-order valence-corrected chi connectivity index (χ2v) is 4.56. The van der Waals surface area contributed by atoms with E-state index in [4.69, 9.17) is 5.11 Å². The van der Waals surface area contributed by atoms with Gasteiger partial charge in [0.1, 0.15) is 5.56 Å². The van der Waals surface area contributed by atoms with E-state index in [1.807, 2.05) is 7.05 Å². The lowest BCUT2D eigenvalue weighted by atomic mass is 9.94. The SMILES string of the molecule is Cn1ncc(C(=O)O)c1C1CCCCCC1. The van der Waals surface area contributed by atoms with Crippen molar-refractivity contribution in [3.63, 3.8) is 0 Å². The fourth-order valence-electron chi connectivity index (χ4n) is 2.65. The predicted octanol–water partition coefficient (Wildman–Crippen LogP) is 2.56. The van der Waals surface area contributed by atoms with Gasteiger partial charge in [0.05, 0.1) is 11.9 Å². The van der Waals surface area contributed by atoms with Gasteiger partial charge in [0, 0.05) is 13.0 Å². The number of hydrogen-bond acceptors (Lipinski definition) is 2. The molecule has 1 fully saturated rings. The van der Waals surface area contributed by atoms with Gasteiger partial charge in [0.2, 0.25) is 0 Å². The highest BCUT2D eigenvalue weighted by molar-refractivity contribution is 5.88. The fraction of sp³-hybridized carbons (Fsp3) is 0.667. The molecule has 0 atom stereocenters. The fourth-order valence-corrected chi connectivity index (χ4v) is 2.65. The van der Waals surface area contributed by atoms with Gasteiger partial charge in [-0.25, -0.2) is 4.79 Å². The molecular weight excluding hydrogens is 204 g/mol. The number of aromatic carboxylic acids is 1. The van der Waals surface area contributed by atoms with E-state index in [9.17, 15) is 4.79 Å². The minimum absolute atomic E-state index is 0.376. The Kier molecular flexibility index (Phi) is 3.27. The van der Waals surface area contributed by atoms with Crippen molar-refractivity contribution < 1.29 is 9.90 Å². The Labute approximate surface area is 95.3 Å². The van der Waals surface area contributed by atoms with E-state index in [0.717, 1.165) is 18.5 Å². The van der Waals surface area contributed by atoms with Crippen molar-refractivity contribution in [1.82, 2.24) is 9.78 Å². The maximum atomic E-state index is 11.1. The van der Waals surface area contributed by atoms with Crippen molar-refractivity contribution in [3.05, 3.63) is 17.5 Å². The second-order valence-electron chi connectivity index (χ2n) is 4.56. The third-order valence-corrected chi connectivity index (χ3v) is 3.46. The first-order valence-corrected chi connectivity index (χ1v) is 5.95. The van der Waals surface area contributed by atoms with Crippen LogP contribution in [0.5, 0.6) is 0 Å². The van der Waals surface area contributed by atoms with Crippen LogP contribution in [-0.2, 0) is 7.05 Å². The van der Waals surface area contributed by atoms with Crippen LogP contribution in [0.4, 0.5) is 0 Å². The van der Waals surface area contributed by atoms with E-state index < -0.39 is 5.97 Å². The van der Waals surface area contributed by atoms with Crippen LogP contribution in [0.2, 0.25) is 0 Å². The molecule has 4 nitrogen and oxygen atoms in total. The van der Waals surface area contributed by atoms with Gasteiger partial charge in [-0.15, -0.1) is 0 Å². The lowest BCUT2D eigenvalue weighted by Gasteiger charge is -2.15. The number of aryl methyl sites for hydroxylation is 1. The van der Waals surface area contributed by atoms with Gasteiger partial charge in [-0.05, 0) is 12.8 Å². The number of hydrogen-bond donors (Lipinski definition) is 1. The maximum absolute atomic E-state index is 11.1. The zero-order chi connectivity index (χ0) is 11.5. The molecule has 1 aliphatic carbocycles. The molecule has 0 aliphatic heterocycles. The summed E-state index contributed by atoms with van der Waals surface area (Å²) in [7, 11) is 1.84. The van der Waals surface area contributed by atoms with Crippen molar-refractivity contribution in [1.29, 1.82) is 0 Å². The van der Waals surface area contributed by atoms with Crippen LogP contribution < -0.4 is 0 Å². The van der Waals surface area contributed by atoms with E-state index in [2.05, 4.69) is 5.10 Å². The van der Waals surface area contributed by atoms with Gasteiger partial charge >= 0.3 is 5.97 Å². The number of aromatic nitrogens is 2. The number of carbonyl (C=O) groups is 1. The highest BCUT2D eigenvalue weighted by Gasteiger charge is 2.24. The molecule has 0 spiro atoms. The summed E-state index contributed by atoms with van der Waals surface area (Å²) in [5, 5.41) is 13.2. The Bertz CT molecular complexity index is 376. The van der Waals surface area contributed by atoms with Crippen LogP contribution >= 0.6 is 0 Å².